The number of rotatable bonds is 1. The Bertz CT molecular complexity index is 143. The molecular weight excluding hydrogens is 168 g/mol. The molecule has 1 aromatic rings. The largest absolute Gasteiger partial charge is 0.281 e. The molecule has 0 aliphatic carbocycles. The fourth-order valence-corrected chi connectivity index (χ4v) is 0.680. The lowest BCUT2D eigenvalue weighted by Gasteiger charge is -1.68. The fraction of sp³-hybridized carbons (Fsp3) is 0.286. The lowest BCUT2D eigenvalue weighted by molar-refractivity contribution is -0.111. The third-order valence-electron chi connectivity index (χ3n) is 0.703. The highest BCUT2D eigenvalue weighted by atomic mass is 35.5. The standard InChI is InChI=1S/C4H4S.C3H5ClO/c1-2-4-5-3-1;1-2-3(4)5/h1-4H;2H2,1H3. The van der Waals surface area contributed by atoms with E-state index in [2.05, 4.69) is 0 Å². The molecule has 1 nitrogen and oxygen atoms in total. The highest BCUT2D eigenvalue weighted by Crippen LogP contribution is 1.91. The van der Waals surface area contributed by atoms with Gasteiger partial charge in [-0.1, -0.05) is 19.1 Å². The van der Waals surface area contributed by atoms with Crippen molar-refractivity contribution in [1.29, 1.82) is 0 Å². The smallest absolute Gasteiger partial charge is 0.221 e. The molecule has 0 aromatic carbocycles. The van der Waals surface area contributed by atoms with Crippen molar-refractivity contribution in [1.82, 2.24) is 0 Å². The fourth-order valence-electron chi connectivity index (χ4n) is 0.227. The van der Waals surface area contributed by atoms with Crippen LogP contribution in [0.4, 0.5) is 0 Å². The van der Waals surface area contributed by atoms with Crippen molar-refractivity contribution in [2.24, 2.45) is 0 Å². The van der Waals surface area contributed by atoms with Crippen LogP contribution in [0.2, 0.25) is 0 Å². The molecule has 0 saturated heterocycles. The number of hydrogen-bond donors (Lipinski definition) is 0. The second-order valence-corrected chi connectivity index (χ2v) is 2.74. The van der Waals surface area contributed by atoms with Crippen molar-refractivity contribution in [3.63, 3.8) is 0 Å². The molecule has 0 spiro atoms. The van der Waals surface area contributed by atoms with Gasteiger partial charge in [0.2, 0.25) is 5.24 Å². The molecular formula is C7H9ClOS. The minimum absolute atomic E-state index is 0.273. The van der Waals surface area contributed by atoms with Gasteiger partial charge >= 0.3 is 0 Å². The zero-order chi connectivity index (χ0) is 7.82. The van der Waals surface area contributed by atoms with Crippen molar-refractivity contribution in [2.45, 2.75) is 13.3 Å². The van der Waals surface area contributed by atoms with Gasteiger partial charge in [-0.05, 0) is 22.4 Å². The Morgan fingerprint density at radius 3 is 2.00 bits per heavy atom. The molecule has 1 heterocycles. The van der Waals surface area contributed by atoms with E-state index >= 15 is 0 Å². The van der Waals surface area contributed by atoms with E-state index in [-0.39, 0.29) is 5.24 Å². The van der Waals surface area contributed by atoms with Crippen molar-refractivity contribution in [3.8, 4) is 0 Å². The summed E-state index contributed by atoms with van der Waals surface area (Å²) in [6.07, 6.45) is 0.432. The summed E-state index contributed by atoms with van der Waals surface area (Å²) in [6.45, 7) is 1.72. The maximum absolute atomic E-state index is 9.58. The minimum atomic E-state index is -0.273. The maximum atomic E-state index is 9.58. The van der Waals surface area contributed by atoms with E-state index in [1.165, 1.54) is 0 Å². The van der Waals surface area contributed by atoms with Gasteiger partial charge in [0.05, 0.1) is 0 Å². The first kappa shape index (κ1) is 9.66. The van der Waals surface area contributed by atoms with E-state index in [1.807, 2.05) is 22.9 Å². The maximum Gasteiger partial charge on any atom is 0.221 e. The van der Waals surface area contributed by atoms with Gasteiger partial charge in [0.25, 0.3) is 0 Å². The zero-order valence-corrected chi connectivity index (χ0v) is 7.28. The van der Waals surface area contributed by atoms with Crippen molar-refractivity contribution < 1.29 is 4.79 Å². The van der Waals surface area contributed by atoms with Crippen LogP contribution in [-0.2, 0) is 4.79 Å². The van der Waals surface area contributed by atoms with Crippen LogP contribution >= 0.6 is 22.9 Å². The molecule has 10 heavy (non-hydrogen) atoms. The number of hydrogen-bond acceptors (Lipinski definition) is 2. The van der Waals surface area contributed by atoms with E-state index < -0.39 is 0 Å². The van der Waals surface area contributed by atoms with E-state index in [1.54, 1.807) is 18.3 Å². The highest BCUT2D eigenvalue weighted by Gasteiger charge is 1.81. The van der Waals surface area contributed by atoms with Crippen LogP contribution in [0.3, 0.4) is 0 Å². The van der Waals surface area contributed by atoms with E-state index in [0.29, 0.717) is 6.42 Å². The molecule has 0 unspecified atom stereocenters. The molecule has 0 fully saturated rings. The Hall–Kier alpha value is -0.340. The number of carbonyl (C=O) groups excluding carboxylic acids is 1. The number of carbonyl (C=O) groups is 1. The van der Waals surface area contributed by atoms with Crippen LogP contribution in [0.5, 0.6) is 0 Å². The molecule has 1 rings (SSSR count). The molecule has 0 bridgehead atoms. The van der Waals surface area contributed by atoms with Gasteiger partial charge in [-0.2, -0.15) is 11.3 Å². The summed E-state index contributed by atoms with van der Waals surface area (Å²) in [4.78, 5) is 9.58. The minimum Gasteiger partial charge on any atom is -0.281 e. The summed E-state index contributed by atoms with van der Waals surface area (Å²) < 4.78 is 0. The number of thiophene rings is 1. The Labute approximate surface area is 69.6 Å². The molecule has 0 aliphatic rings. The summed E-state index contributed by atoms with van der Waals surface area (Å²) in [5, 5.41) is 3.81. The van der Waals surface area contributed by atoms with Crippen LogP contribution in [-0.4, -0.2) is 5.24 Å². The van der Waals surface area contributed by atoms with Crippen LogP contribution in [0.1, 0.15) is 13.3 Å². The quantitative estimate of drug-likeness (QED) is 0.602. The predicted molar refractivity (Wildman–Crippen MR) is 45.5 cm³/mol. The topological polar surface area (TPSA) is 17.1 Å². The summed E-state index contributed by atoms with van der Waals surface area (Å²) in [6, 6.07) is 4.04. The lowest BCUT2D eigenvalue weighted by Crippen LogP contribution is -1.74. The van der Waals surface area contributed by atoms with Gasteiger partial charge in [0, 0.05) is 6.42 Å². The van der Waals surface area contributed by atoms with Crippen LogP contribution in [0.15, 0.2) is 22.9 Å². The monoisotopic (exact) mass is 176 g/mol. The lowest BCUT2D eigenvalue weighted by atomic mass is 10.6. The summed E-state index contributed by atoms with van der Waals surface area (Å²) >= 11 is 6.54. The molecule has 56 valence electrons. The van der Waals surface area contributed by atoms with Gasteiger partial charge in [-0.25, -0.2) is 0 Å². The van der Waals surface area contributed by atoms with Gasteiger partial charge < -0.3 is 0 Å². The van der Waals surface area contributed by atoms with E-state index in [4.69, 9.17) is 11.6 Å². The van der Waals surface area contributed by atoms with Gasteiger partial charge in [0.15, 0.2) is 0 Å². The Morgan fingerprint density at radius 2 is 1.90 bits per heavy atom. The highest BCUT2D eigenvalue weighted by molar-refractivity contribution is 7.07. The molecule has 0 radical (unpaired) electrons. The molecule has 0 saturated carbocycles. The first-order valence-corrected chi connectivity index (χ1v) is 4.25. The van der Waals surface area contributed by atoms with Crippen LogP contribution in [0.25, 0.3) is 0 Å². The second-order valence-electron chi connectivity index (χ2n) is 1.50. The molecule has 3 heteroatoms. The molecule has 0 N–H and O–H groups in total. The Kier molecular flexibility index (Phi) is 6.55. The van der Waals surface area contributed by atoms with Crippen molar-refractivity contribution >= 4 is 28.2 Å². The average molecular weight is 177 g/mol. The van der Waals surface area contributed by atoms with Crippen LogP contribution < -0.4 is 0 Å². The number of halogens is 1. The first-order chi connectivity index (χ1) is 4.77. The van der Waals surface area contributed by atoms with Crippen molar-refractivity contribution in [3.05, 3.63) is 22.9 Å². The summed E-state index contributed by atoms with van der Waals surface area (Å²) in [5.74, 6) is 0. The third-order valence-corrected chi connectivity index (χ3v) is 1.60. The third kappa shape index (κ3) is 7.66. The second kappa shape index (κ2) is 6.78. The zero-order valence-electron chi connectivity index (χ0n) is 5.71. The molecule has 0 aliphatic heterocycles. The predicted octanol–water partition coefficient (Wildman–Crippen LogP) is 2.91. The first-order valence-electron chi connectivity index (χ1n) is 2.93. The van der Waals surface area contributed by atoms with E-state index in [9.17, 15) is 4.79 Å². The van der Waals surface area contributed by atoms with Crippen molar-refractivity contribution in [2.75, 3.05) is 0 Å². The summed E-state index contributed by atoms with van der Waals surface area (Å²) in [7, 11) is 0. The van der Waals surface area contributed by atoms with Gasteiger partial charge in [-0.15, -0.1) is 0 Å². The molecule has 1 aromatic heterocycles. The normalized spacial score (nSPS) is 7.80. The Morgan fingerprint density at radius 1 is 1.50 bits per heavy atom. The average Bonchev–Trinajstić information content (AvgIpc) is 2.43. The summed E-state index contributed by atoms with van der Waals surface area (Å²) in [5.41, 5.74) is 0. The van der Waals surface area contributed by atoms with E-state index in [0.717, 1.165) is 0 Å². The van der Waals surface area contributed by atoms with Gasteiger partial charge in [-0.3, -0.25) is 4.79 Å². The van der Waals surface area contributed by atoms with Gasteiger partial charge in [0.1, 0.15) is 0 Å². The molecule has 0 atom stereocenters. The molecule has 0 amide bonds. The SMILES string of the molecule is CCC(=O)Cl.c1ccsc1. The Balaban J connectivity index is 0.000000162. The van der Waals surface area contributed by atoms with Crippen LogP contribution in [0, 0.1) is 0 Å².